The monoisotopic (exact) mass is 195 g/mol. The maximum atomic E-state index is 10.1. The van der Waals surface area contributed by atoms with E-state index < -0.39 is 6.10 Å². The van der Waals surface area contributed by atoms with Crippen molar-refractivity contribution < 1.29 is 5.11 Å². The van der Waals surface area contributed by atoms with Crippen molar-refractivity contribution in [3.8, 4) is 0 Å². The highest BCUT2D eigenvalue weighted by molar-refractivity contribution is 4.94. The number of rotatable bonds is 3. The molecule has 0 aromatic carbocycles. The molecule has 0 radical (unpaired) electrons. The highest BCUT2D eigenvalue weighted by atomic mass is 16.3. The number of aromatic nitrogens is 3. The molecule has 0 aliphatic heterocycles. The van der Waals surface area contributed by atoms with E-state index in [1.165, 1.54) is 25.6 Å². The van der Waals surface area contributed by atoms with Crippen LogP contribution in [-0.2, 0) is 7.05 Å². The van der Waals surface area contributed by atoms with E-state index >= 15 is 0 Å². The molecule has 2 atom stereocenters. The second-order valence-corrected chi connectivity index (χ2v) is 4.24. The van der Waals surface area contributed by atoms with Crippen LogP contribution in [0.15, 0.2) is 6.33 Å². The van der Waals surface area contributed by atoms with E-state index in [2.05, 4.69) is 17.0 Å². The molecule has 1 aliphatic carbocycles. The third-order valence-corrected chi connectivity index (χ3v) is 3.40. The molecule has 0 amide bonds. The Hall–Kier alpha value is -0.900. The Labute approximate surface area is 84.0 Å². The first-order valence-electron chi connectivity index (χ1n) is 5.22. The molecule has 1 N–H and O–H groups in total. The van der Waals surface area contributed by atoms with Crippen molar-refractivity contribution in [2.45, 2.75) is 32.3 Å². The second kappa shape index (κ2) is 3.69. The Balaban J connectivity index is 2.07. The summed E-state index contributed by atoms with van der Waals surface area (Å²) in [5.74, 6) is 1.65. The number of hydrogen-bond donors (Lipinski definition) is 1. The number of nitrogens with zero attached hydrogens (tertiary/aromatic N) is 3. The van der Waals surface area contributed by atoms with Gasteiger partial charge in [0.2, 0.25) is 0 Å². The molecule has 14 heavy (non-hydrogen) atoms. The lowest BCUT2D eigenvalue weighted by Gasteiger charge is -2.33. The van der Waals surface area contributed by atoms with Gasteiger partial charge in [-0.2, -0.15) is 5.10 Å². The summed E-state index contributed by atoms with van der Waals surface area (Å²) in [6.45, 7) is 2.10. The minimum Gasteiger partial charge on any atom is -0.385 e. The van der Waals surface area contributed by atoms with Crippen LogP contribution in [-0.4, -0.2) is 19.9 Å². The molecule has 1 fully saturated rings. The summed E-state index contributed by atoms with van der Waals surface area (Å²) in [5, 5.41) is 14.0. The Bertz CT molecular complexity index is 306. The fourth-order valence-corrected chi connectivity index (χ4v) is 2.03. The van der Waals surface area contributed by atoms with Gasteiger partial charge >= 0.3 is 0 Å². The molecule has 0 bridgehead atoms. The van der Waals surface area contributed by atoms with Gasteiger partial charge in [-0.3, -0.25) is 4.68 Å². The van der Waals surface area contributed by atoms with Gasteiger partial charge in [-0.25, -0.2) is 4.98 Å². The zero-order chi connectivity index (χ0) is 10.1. The Morgan fingerprint density at radius 1 is 1.57 bits per heavy atom. The summed E-state index contributed by atoms with van der Waals surface area (Å²) in [7, 11) is 1.82. The molecule has 1 aromatic rings. The number of aliphatic hydroxyl groups excluding tert-OH is 1. The average Bonchev–Trinajstić information content (AvgIpc) is 2.47. The molecule has 1 aromatic heterocycles. The van der Waals surface area contributed by atoms with Crippen molar-refractivity contribution in [1.82, 2.24) is 14.8 Å². The predicted octanol–water partition coefficient (Wildman–Crippen LogP) is 1.28. The van der Waals surface area contributed by atoms with E-state index in [0.717, 1.165) is 0 Å². The molecule has 2 rings (SSSR count). The molecule has 4 heteroatoms. The van der Waals surface area contributed by atoms with E-state index in [-0.39, 0.29) is 0 Å². The van der Waals surface area contributed by atoms with E-state index in [1.54, 1.807) is 4.68 Å². The molecular weight excluding hydrogens is 178 g/mol. The van der Waals surface area contributed by atoms with Crippen LogP contribution >= 0.6 is 0 Å². The third-order valence-electron chi connectivity index (χ3n) is 3.40. The van der Waals surface area contributed by atoms with Gasteiger partial charge in [0.1, 0.15) is 12.4 Å². The van der Waals surface area contributed by atoms with Crippen LogP contribution in [0.2, 0.25) is 0 Å². The largest absolute Gasteiger partial charge is 0.385 e. The van der Waals surface area contributed by atoms with E-state index in [0.29, 0.717) is 17.7 Å². The fourth-order valence-electron chi connectivity index (χ4n) is 2.03. The number of aryl methyl sites for hydroxylation is 1. The van der Waals surface area contributed by atoms with Crippen molar-refractivity contribution >= 4 is 0 Å². The van der Waals surface area contributed by atoms with Crippen LogP contribution in [0.1, 0.15) is 38.1 Å². The molecule has 2 unspecified atom stereocenters. The first kappa shape index (κ1) is 9.65. The second-order valence-electron chi connectivity index (χ2n) is 4.24. The summed E-state index contributed by atoms with van der Waals surface area (Å²) >= 11 is 0. The lowest BCUT2D eigenvalue weighted by atomic mass is 9.74. The van der Waals surface area contributed by atoms with Crippen LogP contribution in [0.25, 0.3) is 0 Å². The minimum absolute atomic E-state index is 0.298. The Kier molecular flexibility index (Phi) is 2.54. The molecular formula is C10H17N3O. The zero-order valence-electron chi connectivity index (χ0n) is 8.72. The van der Waals surface area contributed by atoms with Crippen molar-refractivity contribution in [2.24, 2.45) is 18.9 Å². The van der Waals surface area contributed by atoms with Crippen LogP contribution in [0.4, 0.5) is 0 Å². The van der Waals surface area contributed by atoms with Crippen LogP contribution in [0.3, 0.4) is 0 Å². The quantitative estimate of drug-likeness (QED) is 0.790. The highest BCUT2D eigenvalue weighted by Gasteiger charge is 2.31. The average molecular weight is 195 g/mol. The van der Waals surface area contributed by atoms with Crippen LogP contribution in [0.5, 0.6) is 0 Å². The summed E-state index contributed by atoms with van der Waals surface area (Å²) in [6, 6.07) is 0. The molecule has 1 heterocycles. The molecule has 0 spiro atoms. The summed E-state index contributed by atoms with van der Waals surface area (Å²) < 4.78 is 1.65. The maximum Gasteiger partial charge on any atom is 0.155 e. The van der Waals surface area contributed by atoms with Crippen molar-refractivity contribution in [3.63, 3.8) is 0 Å². The van der Waals surface area contributed by atoms with Gasteiger partial charge in [0.25, 0.3) is 0 Å². The summed E-state index contributed by atoms with van der Waals surface area (Å²) in [5.41, 5.74) is 0. The normalized spacial score (nSPS) is 21.6. The van der Waals surface area contributed by atoms with Crippen molar-refractivity contribution in [3.05, 3.63) is 12.2 Å². The van der Waals surface area contributed by atoms with Gasteiger partial charge in [-0.1, -0.05) is 26.2 Å². The van der Waals surface area contributed by atoms with Gasteiger partial charge < -0.3 is 5.11 Å². The maximum absolute atomic E-state index is 10.1. The molecule has 1 saturated carbocycles. The Morgan fingerprint density at radius 2 is 2.29 bits per heavy atom. The van der Waals surface area contributed by atoms with Crippen molar-refractivity contribution in [1.29, 1.82) is 0 Å². The highest BCUT2D eigenvalue weighted by Crippen LogP contribution is 2.38. The van der Waals surface area contributed by atoms with Gasteiger partial charge in [-0.05, 0) is 11.8 Å². The number of aliphatic hydroxyl groups is 1. The molecule has 0 saturated heterocycles. The van der Waals surface area contributed by atoms with Gasteiger partial charge in [0, 0.05) is 7.05 Å². The minimum atomic E-state index is -0.465. The zero-order valence-corrected chi connectivity index (χ0v) is 8.72. The summed E-state index contributed by atoms with van der Waals surface area (Å²) in [4.78, 5) is 4.08. The van der Waals surface area contributed by atoms with Crippen LogP contribution in [0, 0.1) is 11.8 Å². The lowest BCUT2D eigenvalue weighted by Crippen LogP contribution is -2.26. The molecule has 1 aliphatic rings. The smallest absolute Gasteiger partial charge is 0.155 e. The third kappa shape index (κ3) is 1.54. The van der Waals surface area contributed by atoms with E-state index in [4.69, 9.17) is 0 Å². The van der Waals surface area contributed by atoms with Gasteiger partial charge in [0.15, 0.2) is 5.82 Å². The van der Waals surface area contributed by atoms with Crippen LogP contribution < -0.4 is 0 Å². The van der Waals surface area contributed by atoms with Gasteiger partial charge in [-0.15, -0.1) is 0 Å². The van der Waals surface area contributed by atoms with E-state index in [1.807, 2.05) is 7.05 Å². The Morgan fingerprint density at radius 3 is 2.71 bits per heavy atom. The fraction of sp³-hybridized carbons (Fsp3) is 0.800. The topological polar surface area (TPSA) is 50.9 Å². The molecule has 78 valence electrons. The number of hydrogen-bond acceptors (Lipinski definition) is 3. The molecule has 4 nitrogen and oxygen atoms in total. The predicted molar refractivity (Wildman–Crippen MR) is 52.5 cm³/mol. The SMILES string of the molecule is CC(C1CCC1)C(O)c1ncnn1C. The summed E-state index contributed by atoms with van der Waals surface area (Å²) in [6.07, 6.45) is 4.83. The van der Waals surface area contributed by atoms with E-state index in [9.17, 15) is 5.11 Å². The first-order valence-corrected chi connectivity index (χ1v) is 5.22. The van der Waals surface area contributed by atoms with Gasteiger partial charge in [0.05, 0.1) is 0 Å². The van der Waals surface area contributed by atoms with Crippen molar-refractivity contribution in [2.75, 3.05) is 0 Å². The first-order chi connectivity index (χ1) is 6.70. The lowest BCUT2D eigenvalue weighted by molar-refractivity contribution is 0.0447. The standard InChI is InChI=1S/C10H17N3O/c1-7(8-4-3-5-8)9(14)10-11-6-12-13(10)2/h6-9,14H,3-5H2,1-2H3.